The van der Waals surface area contributed by atoms with E-state index in [1.165, 1.54) is 0 Å². The van der Waals surface area contributed by atoms with Crippen molar-refractivity contribution < 1.29 is 19.4 Å². The first kappa shape index (κ1) is 16.3. The van der Waals surface area contributed by atoms with E-state index in [0.29, 0.717) is 25.4 Å². The maximum atomic E-state index is 10.5. The molecule has 0 heterocycles. The topological polar surface area (TPSA) is 58.6 Å². The van der Waals surface area contributed by atoms with Gasteiger partial charge in [-0.25, -0.2) is 0 Å². The minimum atomic E-state index is -1.04. The molecule has 1 rings (SSSR count). The van der Waals surface area contributed by atoms with E-state index in [4.69, 9.17) is 9.47 Å². The number of carboxylic acids is 1. The molecule has 1 aromatic carbocycles. The number of carboxylic acid groups (broad SMARTS) is 1. The standard InChI is InChI=1S/C16H24O4/c1-3-5-6-11-20-14-9-7-13(8-10-16(17)18)12-15(14)19-4-2/h7,9,12H,3-6,8,10-11H2,1-2H3,(H,17,18)/p-1. The van der Waals surface area contributed by atoms with E-state index < -0.39 is 5.97 Å². The van der Waals surface area contributed by atoms with E-state index >= 15 is 0 Å². The van der Waals surface area contributed by atoms with Crippen LogP contribution in [0.25, 0.3) is 0 Å². The number of unbranched alkanes of at least 4 members (excludes halogenated alkanes) is 2. The molecule has 0 aromatic heterocycles. The highest BCUT2D eigenvalue weighted by molar-refractivity contribution is 5.64. The number of ether oxygens (including phenoxy) is 2. The molecule has 0 fully saturated rings. The Morgan fingerprint density at radius 3 is 2.60 bits per heavy atom. The first-order valence-corrected chi connectivity index (χ1v) is 7.25. The van der Waals surface area contributed by atoms with Gasteiger partial charge in [-0.05, 0) is 43.9 Å². The van der Waals surface area contributed by atoms with Crippen LogP contribution >= 0.6 is 0 Å². The number of aryl methyl sites for hydroxylation is 1. The molecule has 4 nitrogen and oxygen atoms in total. The lowest BCUT2D eigenvalue weighted by atomic mass is 10.1. The summed E-state index contributed by atoms with van der Waals surface area (Å²) in [6, 6.07) is 5.57. The van der Waals surface area contributed by atoms with Gasteiger partial charge >= 0.3 is 0 Å². The summed E-state index contributed by atoms with van der Waals surface area (Å²) < 4.78 is 11.3. The monoisotopic (exact) mass is 279 g/mol. The van der Waals surface area contributed by atoms with E-state index in [2.05, 4.69) is 6.92 Å². The Morgan fingerprint density at radius 2 is 1.95 bits per heavy atom. The van der Waals surface area contributed by atoms with Crippen molar-refractivity contribution in [2.75, 3.05) is 13.2 Å². The molecule has 20 heavy (non-hydrogen) atoms. The molecule has 0 amide bonds. The molecule has 0 radical (unpaired) electrons. The van der Waals surface area contributed by atoms with Crippen LogP contribution in [0.3, 0.4) is 0 Å². The minimum Gasteiger partial charge on any atom is -0.550 e. The van der Waals surface area contributed by atoms with Crippen molar-refractivity contribution in [1.29, 1.82) is 0 Å². The highest BCUT2D eigenvalue weighted by atomic mass is 16.5. The molecule has 0 saturated carbocycles. The van der Waals surface area contributed by atoms with Gasteiger partial charge in [0.15, 0.2) is 11.5 Å². The number of carbonyl (C=O) groups excluding carboxylic acids is 1. The quantitative estimate of drug-likeness (QED) is 0.617. The van der Waals surface area contributed by atoms with Gasteiger partial charge < -0.3 is 19.4 Å². The van der Waals surface area contributed by atoms with Gasteiger partial charge in [-0.3, -0.25) is 0 Å². The third kappa shape index (κ3) is 5.95. The average Bonchev–Trinajstić information content (AvgIpc) is 2.43. The fourth-order valence-corrected chi connectivity index (χ4v) is 1.88. The van der Waals surface area contributed by atoms with Crippen molar-refractivity contribution in [3.8, 4) is 11.5 Å². The lowest BCUT2D eigenvalue weighted by Gasteiger charge is -2.13. The Labute approximate surface area is 120 Å². The Bertz CT molecular complexity index is 415. The summed E-state index contributed by atoms with van der Waals surface area (Å²) in [6.07, 6.45) is 3.78. The van der Waals surface area contributed by atoms with Gasteiger partial charge in [-0.15, -0.1) is 0 Å². The predicted octanol–water partition coefficient (Wildman–Crippen LogP) is 2.34. The first-order valence-electron chi connectivity index (χ1n) is 7.25. The van der Waals surface area contributed by atoms with Crippen LogP contribution in [0.15, 0.2) is 18.2 Å². The van der Waals surface area contributed by atoms with Gasteiger partial charge in [0.1, 0.15) is 0 Å². The molecule has 0 saturated heterocycles. The Balaban J connectivity index is 2.65. The van der Waals surface area contributed by atoms with Crippen molar-refractivity contribution in [3.05, 3.63) is 23.8 Å². The summed E-state index contributed by atoms with van der Waals surface area (Å²) in [6.45, 7) is 5.29. The van der Waals surface area contributed by atoms with Crippen LogP contribution in [0.2, 0.25) is 0 Å². The SMILES string of the molecule is CCCCCOc1ccc(CCC(=O)[O-])cc1OCC. The van der Waals surface area contributed by atoms with Gasteiger partial charge in [0.2, 0.25) is 0 Å². The molecule has 0 aliphatic heterocycles. The van der Waals surface area contributed by atoms with Crippen LogP contribution in [0, 0.1) is 0 Å². The molecule has 0 spiro atoms. The fourth-order valence-electron chi connectivity index (χ4n) is 1.88. The number of benzene rings is 1. The summed E-state index contributed by atoms with van der Waals surface area (Å²) in [5.41, 5.74) is 0.915. The van der Waals surface area contributed by atoms with Crippen molar-refractivity contribution in [2.45, 2.75) is 46.0 Å². The van der Waals surface area contributed by atoms with Crippen LogP contribution in [-0.4, -0.2) is 19.2 Å². The second-order valence-electron chi connectivity index (χ2n) is 4.64. The molecule has 0 unspecified atom stereocenters. The summed E-state index contributed by atoms with van der Waals surface area (Å²) >= 11 is 0. The lowest BCUT2D eigenvalue weighted by molar-refractivity contribution is -0.305. The number of rotatable bonds is 10. The molecule has 0 atom stereocenters. The summed E-state index contributed by atoms with van der Waals surface area (Å²) in [7, 11) is 0. The van der Waals surface area contributed by atoms with Crippen molar-refractivity contribution in [1.82, 2.24) is 0 Å². The van der Waals surface area contributed by atoms with Gasteiger partial charge in [0, 0.05) is 5.97 Å². The average molecular weight is 279 g/mol. The van der Waals surface area contributed by atoms with Crippen LogP contribution in [0.5, 0.6) is 11.5 Å². The first-order chi connectivity index (χ1) is 9.67. The second kappa shape index (κ2) is 9.23. The zero-order chi connectivity index (χ0) is 14.8. The smallest absolute Gasteiger partial charge is 0.161 e. The maximum Gasteiger partial charge on any atom is 0.161 e. The number of carbonyl (C=O) groups is 1. The highest BCUT2D eigenvalue weighted by Gasteiger charge is 2.06. The minimum absolute atomic E-state index is 0.0161. The molecule has 0 aliphatic rings. The summed E-state index contributed by atoms with van der Waals surface area (Å²) in [5.74, 6) is 0.364. The number of aliphatic carboxylic acids is 1. The molecule has 112 valence electrons. The predicted molar refractivity (Wildman–Crippen MR) is 76.0 cm³/mol. The molecule has 4 heteroatoms. The Hall–Kier alpha value is -1.71. The molecule has 1 aromatic rings. The van der Waals surface area contributed by atoms with E-state index in [0.717, 1.165) is 30.6 Å². The van der Waals surface area contributed by atoms with Crippen LogP contribution in [0.4, 0.5) is 0 Å². The van der Waals surface area contributed by atoms with E-state index in [1.807, 2.05) is 25.1 Å². The van der Waals surface area contributed by atoms with Gasteiger partial charge in [0.25, 0.3) is 0 Å². The number of hydrogen-bond donors (Lipinski definition) is 0. The molecule has 0 bridgehead atoms. The molecule has 0 N–H and O–H groups in total. The van der Waals surface area contributed by atoms with Crippen LogP contribution < -0.4 is 14.6 Å². The fraction of sp³-hybridized carbons (Fsp3) is 0.562. The lowest BCUT2D eigenvalue weighted by Crippen LogP contribution is -2.22. The van der Waals surface area contributed by atoms with E-state index in [-0.39, 0.29) is 6.42 Å². The van der Waals surface area contributed by atoms with Crippen molar-refractivity contribution >= 4 is 5.97 Å². The summed E-state index contributed by atoms with van der Waals surface area (Å²) in [4.78, 5) is 10.5. The summed E-state index contributed by atoms with van der Waals surface area (Å²) in [5, 5.41) is 10.5. The van der Waals surface area contributed by atoms with Gasteiger partial charge in [0.05, 0.1) is 13.2 Å². The van der Waals surface area contributed by atoms with Crippen LogP contribution in [0.1, 0.15) is 45.1 Å². The Kier molecular flexibility index (Phi) is 7.55. The highest BCUT2D eigenvalue weighted by Crippen LogP contribution is 2.29. The largest absolute Gasteiger partial charge is 0.550 e. The normalized spacial score (nSPS) is 10.3. The third-order valence-corrected chi connectivity index (χ3v) is 2.93. The van der Waals surface area contributed by atoms with Crippen molar-refractivity contribution in [3.63, 3.8) is 0 Å². The molecular weight excluding hydrogens is 256 g/mol. The molecular formula is C16H23O4-. The Morgan fingerprint density at radius 1 is 1.15 bits per heavy atom. The third-order valence-electron chi connectivity index (χ3n) is 2.93. The van der Waals surface area contributed by atoms with Crippen LogP contribution in [-0.2, 0) is 11.2 Å². The molecule has 0 aliphatic carbocycles. The zero-order valence-corrected chi connectivity index (χ0v) is 12.3. The van der Waals surface area contributed by atoms with E-state index in [1.54, 1.807) is 0 Å². The number of hydrogen-bond acceptors (Lipinski definition) is 4. The maximum absolute atomic E-state index is 10.5. The van der Waals surface area contributed by atoms with E-state index in [9.17, 15) is 9.90 Å². The zero-order valence-electron chi connectivity index (χ0n) is 12.3. The van der Waals surface area contributed by atoms with Gasteiger partial charge in [-0.2, -0.15) is 0 Å². The van der Waals surface area contributed by atoms with Crippen molar-refractivity contribution in [2.24, 2.45) is 0 Å². The van der Waals surface area contributed by atoms with Gasteiger partial charge in [-0.1, -0.05) is 25.8 Å². The second-order valence-corrected chi connectivity index (χ2v) is 4.64.